The number of thiophene rings is 1. The van der Waals surface area contributed by atoms with Crippen LogP contribution in [0.4, 0.5) is 5.00 Å². The summed E-state index contributed by atoms with van der Waals surface area (Å²) in [6.07, 6.45) is 3.86. The van der Waals surface area contributed by atoms with Gasteiger partial charge >= 0.3 is 0 Å². The van der Waals surface area contributed by atoms with Crippen LogP contribution in [-0.2, 0) is 17.6 Å². The fourth-order valence-electron chi connectivity index (χ4n) is 3.01. The van der Waals surface area contributed by atoms with Gasteiger partial charge in [-0.3, -0.25) is 9.59 Å². The van der Waals surface area contributed by atoms with Crippen LogP contribution in [0, 0.1) is 0 Å². The Hall–Kier alpha value is -2.05. The van der Waals surface area contributed by atoms with Gasteiger partial charge in [0.1, 0.15) is 10.8 Å². The second kappa shape index (κ2) is 7.29. The van der Waals surface area contributed by atoms with Crippen molar-refractivity contribution in [3.05, 3.63) is 45.3 Å². The molecule has 0 saturated heterocycles. The van der Waals surface area contributed by atoms with Gasteiger partial charge in [0.05, 0.1) is 5.56 Å². The molecular formula is C19H21ClN2O3S. The molecule has 1 aliphatic carbocycles. The summed E-state index contributed by atoms with van der Waals surface area (Å²) in [5.74, 6) is -0.306. The van der Waals surface area contributed by atoms with E-state index in [4.69, 9.17) is 22.1 Å². The third kappa shape index (κ3) is 3.86. The number of primary amides is 1. The molecule has 0 atom stereocenters. The molecule has 0 radical (unpaired) electrons. The summed E-state index contributed by atoms with van der Waals surface area (Å²) in [7, 11) is 0. The molecule has 3 N–H and O–H groups in total. The number of halogens is 1. The van der Waals surface area contributed by atoms with E-state index >= 15 is 0 Å². The van der Waals surface area contributed by atoms with E-state index in [9.17, 15) is 9.59 Å². The first-order valence-corrected chi connectivity index (χ1v) is 9.68. The average Bonchev–Trinajstić information content (AvgIpc) is 2.94. The Morgan fingerprint density at radius 2 is 1.85 bits per heavy atom. The van der Waals surface area contributed by atoms with Gasteiger partial charge in [0, 0.05) is 9.90 Å². The Labute approximate surface area is 161 Å². The summed E-state index contributed by atoms with van der Waals surface area (Å²) in [6, 6.07) is 6.80. The van der Waals surface area contributed by atoms with Crippen molar-refractivity contribution in [3.63, 3.8) is 0 Å². The highest BCUT2D eigenvalue weighted by molar-refractivity contribution is 7.17. The van der Waals surface area contributed by atoms with E-state index < -0.39 is 11.5 Å². The van der Waals surface area contributed by atoms with Gasteiger partial charge < -0.3 is 15.8 Å². The summed E-state index contributed by atoms with van der Waals surface area (Å²) in [6.45, 7) is 3.35. The molecule has 1 aromatic heterocycles. The Morgan fingerprint density at radius 3 is 2.50 bits per heavy atom. The maximum absolute atomic E-state index is 12.8. The fourth-order valence-corrected chi connectivity index (χ4v) is 4.43. The number of fused-ring (bicyclic) bond motifs is 1. The highest BCUT2D eigenvalue weighted by Gasteiger charge is 2.33. The van der Waals surface area contributed by atoms with Crippen molar-refractivity contribution in [3.8, 4) is 5.75 Å². The van der Waals surface area contributed by atoms with Crippen molar-refractivity contribution < 1.29 is 14.3 Å². The van der Waals surface area contributed by atoms with Crippen molar-refractivity contribution in [1.82, 2.24) is 0 Å². The summed E-state index contributed by atoms with van der Waals surface area (Å²) >= 11 is 7.31. The number of carbonyl (C=O) groups excluding carboxylic acids is 2. The van der Waals surface area contributed by atoms with E-state index in [2.05, 4.69) is 5.32 Å². The first-order valence-electron chi connectivity index (χ1n) is 8.48. The molecule has 0 aliphatic heterocycles. The van der Waals surface area contributed by atoms with E-state index in [1.54, 1.807) is 38.1 Å². The van der Waals surface area contributed by atoms with Gasteiger partial charge in [-0.25, -0.2) is 0 Å². The minimum atomic E-state index is -1.13. The quantitative estimate of drug-likeness (QED) is 0.800. The van der Waals surface area contributed by atoms with Crippen molar-refractivity contribution in [1.29, 1.82) is 0 Å². The number of rotatable bonds is 5. The molecule has 0 bridgehead atoms. The lowest BCUT2D eigenvalue weighted by Gasteiger charge is -2.25. The van der Waals surface area contributed by atoms with E-state index in [1.807, 2.05) is 0 Å². The highest BCUT2D eigenvalue weighted by Crippen LogP contribution is 2.38. The zero-order valence-corrected chi connectivity index (χ0v) is 16.3. The molecule has 0 unspecified atom stereocenters. The van der Waals surface area contributed by atoms with Crippen LogP contribution in [0.1, 0.15) is 47.5 Å². The normalized spacial score (nSPS) is 13.8. The number of hydrogen-bond donors (Lipinski definition) is 2. The number of ether oxygens (including phenoxy) is 1. The second-order valence-electron chi connectivity index (χ2n) is 6.80. The van der Waals surface area contributed by atoms with Gasteiger partial charge in [-0.15, -0.1) is 11.3 Å². The van der Waals surface area contributed by atoms with Crippen LogP contribution in [0.3, 0.4) is 0 Å². The molecular weight excluding hydrogens is 372 g/mol. The van der Waals surface area contributed by atoms with Gasteiger partial charge in [-0.1, -0.05) is 11.6 Å². The molecule has 2 amide bonds. The van der Waals surface area contributed by atoms with Crippen LogP contribution in [0.25, 0.3) is 0 Å². The number of aryl methyl sites for hydroxylation is 1. The molecule has 138 valence electrons. The number of nitrogens with two attached hydrogens (primary N) is 1. The molecule has 1 heterocycles. The molecule has 26 heavy (non-hydrogen) atoms. The first kappa shape index (κ1) is 18.7. The molecule has 7 heteroatoms. The number of anilines is 1. The SMILES string of the molecule is CC(C)(Oc1ccc(Cl)cc1)C(=O)Nc1sc2c(c1C(N)=O)CCCC2. The number of benzene rings is 1. The number of nitrogens with one attached hydrogen (secondary N) is 1. The molecule has 1 aliphatic rings. The molecule has 5 nitrogen and oxygen atoms in total. The lowest BCUT2D eigenvalue weighted by atomic mass is 9.95. The van der Waals surface area contributed by atoms with Crippen molar-refractivity contribution in [2.75, 3.05) is 5.32 Å². The molecule has 3 rings (SSSR count). The van der Waals surface area contributed by atoms with Gasteiger partial charge in [0.25, 0.3) is 11.8 Å². The monoisotopic (exact) mass is 392 g/mol. The third-order valence-electron chi connectivity index (χ3n) is 4.38. The zero-order chi connectivity index (χ0) is 18.9. The van der Waals surface area contributed by atoms with Crippen LogP contribution < -0.4 is 15.8 Å². The van der Waals surface area contributed by atoms with Crippen LogP contribution in [0.15, 0.2) is 24.3 Å². The number of hydrogen-bond acceptors (Lipinski definition) is 4. The summed E-state index contributed by atoms with van der Waals surface area (Å²) in [4.78, 5) is 25.9. The van der Waals surface area contributed by atoms with E-state index in [0.717, 1.165) is 36.1 Å². The van der Waals surface area contributed by atoms with E-state index in [0.29, 0.717) is 21.3 Å². The summed E-state index contributed by atoms with van der Waals surface area (Å²) in [5.41, 5.74) is 5.88. The minimum absolute atomic E-state index is 0.339. The van der Waals surface area contributed by atoms with E-state index in [1.165, 1.54) is 11.3 Å². The van der Waals surface area contributed by atoms with Crippen molar-refractivity contribution in [2.45, 2.75) is 45.1 Å². The van der Waals surface area contributed by atoms with Crippen molar-refractivity contribution >= 4 is 39.8 Å². The largest absolute Gasteiger partial charge is 0.478 e. The Kier molecular flexibility index (Phi) is 5.25. The molecule has 1 aromatic carbocycles. The standard InChI is InChI=1S/C19H21ClN2O3S/c1-19(2,25-12-9-7-11(20)8-10-12)18(24)22-17-15(16(21)23)13-5-3-4-6-14(13)26-17/h7-10H,3-6H2,1-2H3,(H2,21,23)(H,22,24). The van der Waals surface area contributed by atoms with Gasteiger partial charge in [0.15, 0.2) is 5.60 Å². The Morgan fingerprint density at radius 1 is 1.19 bits per heavy atom. The molecule has 2 aromatic rings. The van der Waals surface area contributed by atoms with Crippen molar-refractivity contribution in [2.24, 2.45) is 5.73 Å². The fraction of sp³-hybridized carbons (Fsp3) is 0.368. The molecule has 0 saturated carbocycles. The predicted octanol–water partition coefficient (Wildman–Crippen LogP) is 4.18. The van der Waals surface area contributed by atoms with Crippen LogP contribution >= 0.6 is 22.9 Å². The average molecular weight is 393 g/mol. The highest BCUT2D eigenvalue weighted by atomic mass is 35.5. The van der Waals surface area contributed by atoms with Crippen LogP contribution in [-0.4, -0.2) is 17.4 Å². The second-order valence-corrected chi connectivity index (χ2v) is 8.34. The van der Waals surface area contributed by atoms with Gasteiger partial charge in [-0.05, 0) is 69.4 Å². The number of amides is 2. The zero-order valence-electron chi connectivity index (χ0n) is 14.7. The van der Waals surface area contributed by atoms with Crippen LogP contribution in [0.2, 0.25) is 5.02 Å². The maximum atomic E-state index is 12.8. The maximum Gasteiger partial charge on any atom is 0.268 e. The lowest BCUT2D eigenvalue weighted by molar-refractivity contribution is -0.128. The predicted molar refractivity (Wildman–Crippen MR) is 104 cm³/mol. The topological polar surface area (TPSA) is 81.4 Å². The molecule has 0 fully saturated rings. The van der Waals surface area contributed by atoms with Gasteiger partial charge in [-0.2, -0.15) is 0 Å². The smallest absolute Gasteiger partial charge is 0.268 e. The lowest BCUT2D eigenvalue weighted by Crippen LogP contribution is -2.42. The Bertz CT molecular complexity index is 843. The van der Waals surface area contributed by atoms with E-state index in [-0.39, 0.29) is 5.91 Å². The van der Waals surface area contributed by atoms with Gasteiger partial charge in [0.2, 0.25) is 0 Å². The molecule has 0 spiro atoms. The minimum Gasteiger partial charge on any atom is -0.478 e. The first-order chi connectivity index (χ1) is 12.3. The third-order valence-corrected chi connectivity index (χ3v) is 5.84. The summed E-state index contributed by atoms with van der Waals surface area (Å²) in [5, 5.41) is 3.96. The summed E-state index contributed by atoms with van der Waals surface area (Å²) < 4.78 is 5.81. The Balaban J connectivity index is 1.81. The van der Waals surface area contributed by atoms with Crippen LogP contribution in [0.5, 0.6) is 5.75 Å². The number of carbonyl (C=O) groups is 2.